The molecule has 0 fully saturated rings. The molecule has 0 amide bonds. The van der Waals surface area contributed by atoms with Crippen LogP contribution in [0, 0.1) is 0 Å². The predicted molar refractivity (Wildman–Crippen MR) is 88.1 cm³/mol. The van der Waals surface area contributed by atoms with Crippen LogP contribution in [0.3, 0.4) is 0 Å². The number of thiophene rings is 1. The number of aliphatic hydroxyl groups excluding tert-OH is 1. The predicted octanol–water partition coefficient (Wildman–Crippen LogP) is 5.06. The molecule has 0 spiro atoms. The van der Waals surface area contributed by atoms with Crippen molar-refractivity contribution in [1.82, 2.24) is 0 Å². The van der Waals surface area contributed by atoms with Gasteiger partial charge in [-0.05, 0) is 18.2 Å². The van der Waals surface area contributed by atoms with E-state index in [1.807, 2.05) is 0 Å². The molecule has 1 aromatic heterocycles. The van der Waals surface area contributed by atoms with Crippen molar-refractivity contribution in [1.29, 1.82) is 0 Å². The lowest BCUT2D eigenvalue weighted by Gasteiger charge is -2.16. The lowest BCUT2D eigenvalue weighted by atomic mass is 10.0. The van der Waals surface area contributed by atoms with Crippen LogP contribution < -0.4 is 9.47 Å². The molecule has 0 bridgehead atoms. The maximum absolute atomic E-state index is 10.6. The second-order valence-electron chi connectivity index (χ2n) is 4.55. The fraction of sp³-hybridized carbons (Fsp3) is 0.286. The van der Waals surface area contributed by atoms with Crippen molar-refractivity contribution in [2.75, 3.05) is 13.2 Å². The van der Waals surface area contributed by atoms with Crippen LogP contribution in [-0.4, -0.2) is 18.3 Å². The minimum absolute atomic E-state index is 0.478. The highest BCUT2D eigenvalue weighted by atomic mass is 79.9. The average Bonchev–Trinajstić information content (AvgIpc) is 2.64. The van der Waals surface area contributed by atoms with Gasteiger partial charge in [0.05, 0.1) is 17.6 Å². The maximum Gasteiger partial charge on any atom is 0.162 e. The first-order valence-electron chi connectivity index (χ1n) is 6.28. The molecule has 0 saturated carbocycles. The summed E-state index contributed by atoms with van der Waals surface area (Å²) in [6.45, 7) is 1.21. The fourth-order valence-corrected chi connectivity index (χ4v) is 4.18. The molecule has 112 valence electrons. The Morgan fingerprint density at radius 1 is 1.10 bits per heavy atom. The number of halogens is 3. The van der Waals surface area contributed by atoms with Gasteiger partial charge in [0.15, 0.2) is 11.5 Å². The van der Waals surface area contributed by atoms with Gasteiger partial charge in [0.25, 0.3) is 0 Å². The summed E-state index contributed by atoms with van der Waals surface area (Å²) in [7, 11) is 0. The van der Waals surface area contributed by atoms with Gasteiger partial charge in [-0.3, -0.25) is 0 Å². The number of hydrogen-bond donors (Lipinski definition) is 1. The van der Waals surface area contributed by atoms with E-state index >= 15 is 0 Å². The molecule has 0 saturated heterocycles. The third kappa shape index (κ3) is 3.17. The van der Waals surface area contributed by atoms with E-state index in [0.717, 1.165) is 10.9 Å². The zero-order valence-electron chi connectivity index (χ0n) is 10.7. The number of rotatable bonds is 2. The van der Waals surface area contributed by atoms with E-state index in [-0.39, 0.29) is 0 Å². The van der Waals surface area contributed by atoms with Gasteiger partial charge in [-0.25, -0.2) is 0 Å². The minimum Gasteiger partial charge on any atom is -0.490 e. The Hall–Kier alpha value is -0.460. The summed E-state index contributed by atoms with van der Waals surface area (Å²) in [6, 6.07) is 5.26. The van der Waals surface area contributed by atoms with E-state index in [1.54, 1.807) is 18.2 Å². The first kappa shape index (κ1) is 15.4. The third-order valence-electron chi connectivity index (χ3n) is 3.14. The molecule has 1 aromatic carbocycles. The third-order valence-corrected chi connectivity index (χ3v) is 5.34. The zero-order chi connectivity index (χ0) is 15.0. The van der Waals surface area contributed by atoms with Gasteiger partial charge in [-0.1, -0.05) is 39.1 Å². The molecule has 1 atom stereocenters. The van der Waals surface area contributed by atoms with E-state index in [0.29, 0.717) is 44.5 Å². The summed E-state index contributed by atoms with van der Waals surface area (Å²) in [5, 5.41) is 10.6. The second kappa shape index (κ2) is 6.34. The topological polar surface area (TPSA) is 38.7 Å². The summed E-state index contributed by atoms with van der Waals surface area (Å²) in [4.78, 5) is 0. The quantitative estimate of drug-likeness (QED) is 0.753. The van der Waals surface area contributed by atoms with Gasteiger partial charge < -0.3 is 14.6 Å². The summed E-state index contributed by atoms with van der Waals surface area (Å²) in [5.74, 6) is 1.30. The van der Waals surface area contributed by atoms with Crippen molar-refractivity contribution in [3.05, 3.63) is 42.5 Å². The average molecular weight is 410 g/mol. The Bertz CT molecular complexity index is 674. The van der Waals surface area contributed by atoms with Crippen molar-refractivity contribution in [2.45, 2.75) is 12.5 Å². The molecule has 0 radical (unpaired) electrons. The highest BCUT2D eigenvalue weighted by Crippen LogP contribution is 2.42. The van der Waals surface area contributed by atoms with Crippen LogP contribution in [0.25, 0.3) is 0 Å². The molecule has 2 aromatic rings. The highest BCUT2D eigenvalue weighted by molar-refractivity contribution is 9.10. The molecule has 1 aliphatic rings. The van der Waals surface area contributed by atoms with E-state index in [2.05, 4.69) is 15.9 Å². The van der Waals surface area contributed by atoms with Crippen LogP contribution in [0.2, 0.25) is 8.67 Å². The van der Waals surface area contributed by atoms with E-state index in [4.69, 9.17) is 32.7 Å². The summed E-state index contributed by atoms with van der Waals surface area (Å²) in [6.07, 6.45) is -0.0522. The van der Waals surface area contributed by atoms with Crippen LogP contribution in [0.4, 0.5) is 0 Å². The Labute approximate surface area is 144 Å². The molecule has 3 rings (SSSR count). The number of fused-ring (bicyclic) bond motifs is 1. The molecule has 2 heterocycles. The fourth-order valence-electron chi connectivity index (χ4n) is 2.12. The monoisotopic (exact) mass is 408 g/mol. The molecule has 21 heavy (non-hydrogen) atoms. The molecule has 0 aliphatic carbocycles. The lowest BCUT2D eigenvalue weighted by Crippen LogP contribution is -2.02. The standard InChI is InChI=1S/C14H11BrCl2O3S/c15-9-6-11-10(19-2-1-3-20-11)4-7(9)13(18)8-5-12(16)21-14(8)17/h4-6,13,18H,1-3H2. The number of hydrogen-bond acceptors (Lipinski definition) is 4. The Morgan fingerprint density at radius 3 is 2.38 bits per heavy atom. The molecule has 1 unspecified atom stereocenters. The first-order chi connectivity index (χ1) is 10.1. The largest absolute Gasteiger partial charge is 0.490 e. The van der Waals surface area contributed by atoms with E-state index in [9.17, 15) is 5.11 Å². The van der Waals surface area contributed by atoms with Crippen molar-refractivity contribution in [3.63, 3.8) is 0 Å². The maximum atomic E-state index is 10.6. The molecule has 3 nitrogen and oxygen atoms in total. The van der Waals surface area contributed by atoms with Crippen LogP contribution in [0.1, 0.15) is 23.7 Å². The molecular weight excluding hydrogens is 399 g/mol. The molecule has 7 heteroatoms. The molecule has 1 N–H and O–H groups in total. The van der Waals surface area contributed by atoms with E-state index < -0.39 is 6.10 Å². The summed E-state index contributed by atoms with van der Waals surface area (Å²) < 4.78 is 13.0. The minimum atomic E-state index is -0.882. The Balaban J connectivity index is 2.02. The smallest absolute Gasteiger partial charge is 0.162 e. The van der Waals surface area contributed by atoms with Crippen molar-refractivity contribution in [2.24, 2.45) is 0 Å². The van der Waals surface area contributed by atoms with Crippen molar-refractivity contribution < 1.29 is 14.6 Å². The van der Waals surface area contributed by atoms with Gasteiger partial charge >= 0.3 is 0 Å². The normalized spacial score (nSPS) is 15.6. The van der Waals surface area contributed by atoms with Gasteiger partial charge in [-0.15, -0.1) is 11.3 Å². The first-order valence-corrected chi connectivity index (χ1v) is 8.64. The summed E-state index contributed by atoms with van der Waals surface area (Å²) in [5.41, 5.74) is 1.25. The van der Waals surface area contributed by atoms with E-state index in [1.165, 1.54) is 11.3 Å². The second-order valence-corrected chi connectivity index (χ2v) is 7.69. The highest BCUT2D eigenvalue weighted by Gasteiger charge is 2.22. The van der Waals surface area contributed by atoms with Gasteiger partial charge in [0.1, 0.15) is 10.4 Å². The van der Waals surface area contributed by atoms with Crippen LogP contribution in [-0.2, 0) is 0 Å². The zero-order valence-corrected chi connectivity index (χ0v) is 14.7. The SMILES string of the molecule is OC(c1cc2c(cc1Br)OCCCO2)c1cc(Cl)sc1Cl. The number of benzene rings is 1. The van der Waals surface area contributed by atoms with Gasteiger partial charge in [0, 0.05) is 22.0 Å². The molecular formula is C14H11BrCl2O3S. The number of ether oxygens (including phenoxy) is 2. The van der Waals surface area contributed by atoms with Crippen LogP contribution in [0.15, 0.2) is 22.7 Å². The Kier molecular flexibility index (Phi) is 4.66. The van der Waals surface area contributed by atoms with Crippen LogP contribution >= 0.6 is 50.5 Å². The Morgan fingerprint density at radius 2 is 1.76 bits per heavy atom. The lowest BCUT2D eigenvalue weighted by molar-refractivity contribution is 0.219. The van der Waals surface area contributed by atoms with Gasteiger partial charge in [-0.2, -0.15) is 0 Å². The van der Waals surface area contributed by atoms with Crippen molar-refractivity contribution >= 4 is 50.5 Å². The molecule has 1 aliphatic heterocycles. The van der Waals surface area contributed by atoms with Crippen molar-refractivity contribution in [3.8, 4) is 11.5 Å². The van der Waals surface area contributed by atoms with Crippen LogP contribution in [0.5, 0.6) is 11.5 Å². The number of aliphatic hydroxyl groups is 1. The summed E-state index contributed by atoms with van der Waals surface area (Å²) >= 11 is 16.7. The van der Waals surface area contributed by atoms with Gasteiger partial charge in [0.2, 0.25) is 0 Å².